The van der Waals surface area contributed by atoms with Crippen molar-refractivity contribution in [2.45, 2.75) is 32.2 Å². The lowest BCUT2D eigenvalue weighted by Crippen LogP contribution is -2.31. The molecule has 1 aromatic heterocycles. The van der Waals surface area contributed by atoms with E-state index in [0.29, 0.717) is 34.3 Å². The molecule has 0 N–H and O–H groups in total. The highest BCUT2D eigenvalue weighted by Gasteiger charge is 2.30. The summed E-state index contributed by atoms with van der Waals surface area (Å²) in [5.41, 5.74) is 3.60. The summed E-state index contributed by atoms with van der Waals surface area (Å²) in [4.78, 5) is 4.88. The Hall–Kier alpha value is -3.58. The summed E-state index contributed by atoms with van der Waals surface area (Å²) >= 11 is 0. The number of hydrogen-bond acceptors (Lipinski definition) is 5. The molecule has 0 spiro atoms. The SMILES string of the molecule is COc1ccccc1N(Cc1nc(-c2ccc(C)cc2)oc1C)S(=O)(=O)c1ccccc1C. The van der Waals surface area contributed by atoms with E-state index in [4.69, 9.17) is 9.15 Å². The van der Waals surface area contributed by atoms with Gasteiger partial charge >= 0.3 is 0 Å². The van der Waals surface area contributed by atoms with Crippen molar-refractivity contribution in [3.05, 3.63) is 95.4 Å². The molecule has 0 unspecified atom stereocenters. The first-order chi connectivity index (χ1) is 15.8. The van der Waals surface area contributed by atoms with Gasteiger partial charge in [0.15, 0.2) is 0 Å². The molecule has 0 saturated carbocycles. The fourth-order valence-corrected chi connectivity index (χ4v) is 5.30. The van der Waals surface area contributed by atoms with Gasteiger partial charge in [-0.15, -0.1) is 0 Å². The second-order valence-electron chi connectivity index (χ2n) is 7.84. The van der Waals surface area contributed by atoms with E-state index in [1.807, 2.05) is 37.3 Å². The average molecular weight is 463 g/mol. The molecular weight excluding hydrogens is 436 g/mol. The van der Waals surface area contributed by atoms with Gasteiger partial charge in [-0.25, -0.2) is 13.4 Å². The zero-order chi connectivity index (χ0) is 23.6. The number of aromatic nitrogens is 1. The number of sulfonamides is 1. The van der Waals surface area contributed by atoms with Crippen molar-refractivity contribution in [3.63, 3.8) is 0 Å². The van der Waals surface area contributed by atoms with Crippen LogP contribution in [-0.4, -0.2) is 20.5 Å². The van der Waals surface area contributed by atoms with Crippen LogP contribution in [0.2, 0.25) is 0 Å². The maximum atomic E-state index is 13.9. The van der Waals surface area contributed by atoms with Crippen molar-refractivity contribution >= 4 is 15.7 Å². The Balaban J connectivity index is 1.82. The number of rotatable bonds is 7. The van der Waals surface area contributed by atoms with Gasteiger partial charge in [-0.05, 0) is 56.7 Å². The molecule has 4 aromatic rings. The predicted octanol–water partition coefficient (Wildman–Crippen LogP) is 5.67. The molecule has 0 amide bonds. The van der Waals surface area contributed by atoms with Gasteiger partial charge < -0.3 is 9.15 Å². The van der Waals surface area contributed by atoms with E-state index in [2.05, 4.69) is 4.98 Å². The van der Waals surface area contributed by atoms with Crippen molar-refractivity contribution in [2.75, 3.05) is 11.4 Å². The third-order valence-corrected chi connectivity index (χ3v) is 7.42. The Morgan fingerprint density at radius 1 is 0.909 bits per heavy atom. The molecule has 33 heavy (non-hydrogen) atoms. The van der Waals surface area contributed by atoms with Crippen molar-refractivity contribution in [1.29, 1.82) is 0 Å². The van der Waals surface area contributed by atoms with Gasteiger partial charge in [-0.2, -0.15) is 0 Å². The van der Waals surface area contributed by atoms with Crippen LogP contribution in [0.25, 0.3) is 11.5 Å². The molecular formula is C26H26N2O4S. The van der Waals surface area contributed by atoms with Crippen LogP contribution < -0.4 is 9.04 Å². The Bertz CT molecular complexity index is 1380. The van der Waals surface area contributed by atoms with Gasteiger partial charge in [0.2, 0.25) is 5.89 Å². The second-order valence-corrected chi connectivity index (χ2v) is 9.67. The summed E-state index contributed by atoms with van der Waals surface area (Å²) < 4.78 is 40.5. The number of para-hydroxylation sites is 2. The Morgan fingerprint density at radius 2 is 1.58 bits per heavy atom. The molecule has 6 nitrogen and oxygen atoms in total. The summed E-state index contributed by atoms with van der Waals surface area (Å²) in [6.45, 7) is 5.58. The number of hydrogen-bond donors (Lipinski definition) is 0. The number of nitrogens with zero attached hydrogens (tertiary/aromatic N) is 2. The van der Waals surface area contributed by atoms with Gasteiger partial charge in [-0.3, -0.25) is 4.31 Å². The summed E-state index contributed by atoms with van der Waals surface area (Å²) in [6.07, 6.45) is 0. The molecule has 0 radical (unpaired) electrons. The Labute approximate surface area is 194 Å². The first-order valence-corrected chi connectivity index (χ1v) is 12.0. The first-order valence-electron chi connectivity index (χ1n) is 10.6. The number of benzene rings is 3. The number of aryl methyl sites for hydroxylation is 3. The van der Waals surface area contributed by atoms with Crippen LogP contribution in [0.3, 0.4) is 0 Å². The minimum Gasteiger partial charge on any atom is -0.495 e. The lowest BCUT2D eigenvalue weighted by Gasteiger charge is -2.26. The average Bonchev–Trinajstić information content (AvgIpc) is 3.18. The molecule has 0 aliphatic heterocycles. The van der Waals surface area contributed by atoms with Gasteiger partial charge in [0.25, 0.3) is 10.0 Å². The predicted molar refractivity (Wildman–Crippen MR) is 129 cm³/mol. The highest BCUT2D eigenvalue weighted by Crippen LogP contribution is 2.35. The third kappa shape index (κ3) is 4.50. The molecule has 0 aliphatic carbocycles. The quantitative estimate of drug-likeness (QED) is 0.354. The second kappa shape index (κ2) is 9.11. The highest BCUT2D eigenvalue weighted by atomic mass is 32.2. The van der Waals surface area contributed by atoms with Gasteiger partial charge in [-0.1, -0.05) is 48.0 Å². The monoisotopic (exact) mass is 462 g/mol. The van der Waals surface area contributed by atoms with Crippen LogP contribution in [0.1, 0.15) is 22.6 Å². The lowest BCUT2D eigenvalue weighted by molar-refractivity contribution is 0.415. The first kappa shape index (κ1) is 22.6. The third-order valence-electron chi connectivity index (χ3n) is 5.50. The summed E-state index contributed by atoms with van der Waals surface area (Å²) in [7, 11) is -2.40. The number of methoxy groups -OCH3 is 1. The van der Waals surface area contributed by atoms with Crippen LogP contribution in [0.15, 0.2) is 82.1 Å². The van der Waals surface area contributed by atoms with Gasteiger partial charge in [0.05, 0.1) is 24.2 Å². The molecule has 1 heterocycles. The van der Waals surface area contributed by atoms with Crippen molar-refractivity contribution < 1.29 is 17.6 Å². The largest absolute Gasteiger partial charge is 0.495 e. The molecule has 7 heteroatoms. The minimum atomic E-state index is -3.92. The van der Waals surface area contributed by atoms with E-state index in [0.717, 1.165) is 11.1 Å². The van der Waals surface area contributed by atoms with E-state index in [1.54, 1.807) is 56.3 Å². The minimum absolute atomic E-state index is 0.00175. The van der Waals surface area contributed by atoms with Crippen molar-refractivity contribution in [3.8, 4) is 17.2 Å². The van der Waals surface area contributed by atoms with Crippen LogP contribution in [0.5, 0.6) is 5.75 Å². The van der Waals surface area contributed by atoms with E-state index in [-0.39, 0.29) is 11.4 Å². The lowest BCUT2D eigenvalue weighted by atomic mass is 10.1. The molecule has 3 aromatic carbocycles. The summed E-state index contributed by atoms with van der Waals surface area (Å²) in [6, 6.07) is 21.8. The standard InChI is InChI=1S/C26H26N2O4S/c1-18-13-15-21(16-14-18)26-27-22(20(3)32-26)17-28(23-10-6-7-11-24(23)31-4)33(29,30)25-12-8-5-9-19(25)2/h5-16H,17H2,1-4H3. The zero-order valence-corrected chi connectivity index (χ0v) is 19.9. The van der Waals surface area contributed by atoms with E-state index < -0.39 is 10.0 Å². The van der Waals surface area contributed by atoms with Crippen LogP contribution in [0.4, 0.5) is 5.69 Å². The molecule has 170 valence electrons. The fraction of sp³-hybridized carbons (Fsp3) is 0.192. The number of oxazole rings is 1. The number of anilines is 1. The van der Waals surface area contributed by atoms with Gasteiger partial charge in [0, 0.05) is 5.56 Å². The van der Waals surface area contributed by atoms with Crippen molar-refractivity contribution in [1.82, 2.24) is 4.98 Å². The Kier molecular flexibility index (Phi) is 6.24. The fourth-order valence-electron chi connectivity index (χ4n) is 3.63. The van der Waals surface area contributed by atoms with E-state index in [1.165, 1.54) is 11.4 Å². The summed E-state index contributed by atoms with van der Waals surface area (Å²) in [5.74, 6) is 1.47. The van der Waals surface area contributed by atoms with Crippen molar-refractivity contribution in [2.24, 2.45) is 0 Å². The molecule has 4 rings (SSSR count). The van der Waals surface area contributed by atoms with Crippen LogP contribution in [-0.2, 0) is 16.6 Å². The smallest absolute Gasteiger partial charge is 0.265 e. The maximum absolute atomic E-state index is 13.9. The molecule has 0 fully saturated rings. The highest BCUT2D eigenvalue weighted by molar-refractivity contribution is 7.92. The summed E-state index contributed by atoms with van der Waals surface area (Å²) in [5, 5.41) is 0. The Morgan fingerprint density at radius 3 is 2.27 bits per heavy atom. The van der Waals surface area contributed by atoms with Crippen LogP contribution >= 0.6 is 0 Å². The molecule has 0 saturated heterocycles. The normalized spacial score (nSPS) is 11.4. The number of ether oxygens (including phenoxy) is 1. The van der Waals surface area contributed by atoms with Gasteiger partial charge in [0.1, 0.15) is 17.2 Å². The van der Waals surface area contributed by atoms with Crippen LogP contribution in [0, 0.1) is 20.8 Å². The molecule has 0 atom stereocenters. The molecule has 0 bridgehead atoms. The molecule has 0 aliphatic rings. The zero-order valence-electron chi connectivity index (χ0n) is 19.1. The van der Waals surface area contributed by atoms with E-state index >= 15 is 0 Å². The topological polar surface area (TPSA) is 72.6 Å². The maximum Gasteiger partial charge on any atom is 0.265 e. The van der Waals surface area contributed by atoms with E-state index in [9.17, 15) is 8.42 Å².